The van der Waals surface area contributed by atoms with Crippen LogP contribution in [0.15, 0.2) is 66.9 Å². The highest BCUT2D eigenvalue weighted by atomic mass is 16.5. The molecule has 3 aromatic rings. The molecule has 9 nitrogen and oxygen atoms in total. The molecule has 1 aromatic heterocycles. The van der Waals surface area contributed by atoms with Crippen LogP contribution in [0.25, 0.3) is 5.69 Å². The van der Waals surface area contributed by atoms with Gasteiger partial charge in [0, 0.05) is 36.6 Å². The van der Waals surface area contributed by atoms with Gasteiger partial charge in [-0.3, -0.25) is 4.79 Å². The lowest BCUT2D eigenvalue weighted by atomic mass is 9.96. The molecule has 2 heterocycles. The molecule has 0 bridgehead atoms. The fraction of sp³-hybridized carbons (Fsp3) is 0.280. The minimum atomic E-state index is -0.464. The Balaban J connectivity index is 1.27. The Morgan fingerprint density at radius 2 is 1.62 bits per heavy atom. The molecule has 0 spiro atoms. The highest BCUT2D eigenvalue weighted by Gasteiger charge is 2.27. The van der Waals surface area contributed by atoms with Crippen LogP contribution >= 0.6 is 0 Å². The number of esters is 1. The topological polar surface area (TPSA) is 106 Å². The first-order chi connectivity index (χ1) is 16.5. The third kappa shape index (κ3) is 5.61. The molecule has 2 N–H and O–H groups in total. The standard InChI is InChI=1S/C25H27N5O4/c1-2-34-24(32)22-14-17-30(28-22)21-10-8-20(9-11-21)26-23(31)18-12-15-29(16-13-18)25(33)27-19-6-4-3-5-7-19/h3-11,14,17-18H,2,12-13,15-16H2,1H3,(H,26,31)(H,27,33). The highest BCUT2D eigenvalue weighted by molar-refractivity contribution is 5.93. The van der Waals surface area contributed by atoms with Crippen molar-refractivity contribution in [2.45, 2.75) is 19.8 Å². The number of nitrogens with one attached hydrogen (secondary N) is 2. The van der Waals surface area contributed by atoms with Gasteiger partial charge in [0.25, 0.3) is 0 Å². The average molecular weight is 462 g/mol. The van der Waals surface area contributed by atoms with Crippen molar-refractivity contribution in [2.24, 2.45) is 5.92 Å². The number of amides is 3. The zero-order valence-corrected chi connectivity index (χ0v) is 18.9. The van der Waals surface area contributed by atoms with E-state index in [1.807, 2.05) is 42.5 Å². The Morgan fingerprint density at radius 1 is 0.941 bits per heavy atom. The van der Waals surface area contributed by atoms with Crippen molar-refractivity contribution < 1.29 is 19.1 Å². The maximum atomic E-state index is 12.7. The average Bonchev–Trinajstić information content (AvgIpc) is 3.36. The first-order valence-electron chi connectivity index (χ1n) is 11.3. The molecule has 34 heavy (non-hydrogen) atoms. The fourth-order valence-corrected chi connectivity index (χ4v) is 3.79. The molecule has 1 saturated heterocycles. The van der Waals surface area contributed by atoms with E-state index in [-0.39, 0.29) is 23.6 Å². The monoisotopic (exact) mass is 461 g/mol. The summed E-state index contributed by atoms with van der Waals surface area (Å²) in [5, 5.41) is 10.1. The van der Waals surface area contributed by atoms with Crippen molar-refractivity contribution in [3.8, 4) is 5.69 Å². The third-order valence-electron chi connectivity index (χ3n) is 5.65. The van der Waals surface area contributed by atoms with Crippen LogP contribution < -0.4 is 10.6 Å². The molecular weight excluding hydrogens is 434 g/mol. The van der Waals surface area contributed by atoms with E-state index in [1.165, 1.54) is 0 Å². The van der Waals surface area contributed by atoms with Crippen molar-refractivity contribution >= 4 is 29.3 Å². The van der Waals surface area contributed by atoms with Gasteiger partial charge in [-0.15, -0.1) is 0 Å². The van der Waals surface area contributed by atoms with Gasteiger partial charge in [0.1, 0.15) is 0 Å². The molecule has 0 saturated carbocycles. The molecule has 176 valence electrons. The van der Waals surface area contributed by atoms with Gasteiger partial charge >= 0.3 is 12.0 Å². The number of aromatic nitrogens is 2. The quantitative estimate of drug-likeness (QED) is 0.541. The van der Waals surface area contributed by atoms with Gasteiger partial charge in [-0.05, 0) is 62.2 Å². The van der Waals surface area contributed by atoms with Crippen LogP contribution in [0.1, 0.15) is 30.3 Å². The number of piperidine rings is 1. The first kappa shape index (κ1) is 23.0. The highest BCUT2D eigenvalue weighted by Crippen LogP contribution is 2.21. The first-order valence-corrected chi connectivity index (χ1v) is 11.3. The van der Waals surface area contributed by atoms with Crippen LogP contribution in [0.4, 0.5) is 16.2 Å². The lowest BCUT2D eigenvalue weighted by molar-refractivity contribution is -0.121. The Kier molecular flexibility index (Phi) is 7.22. The Hall–Kier alpha value is -4.14. The fourth-order valence-electron chi connectivity index (χ4n) is 3.79. The lowest BCUT2D eigenvalue weighted by Gasteiger charge is -2.31. The number of para-hydroxylation sites is 1. The number of rotatable bonds is 6. The van der Waals surface area contributed by atoms with Gasteiger partial charge < -0.3 is 20.3 Å². The second-order valence-electron chi connectivity index (χ2n) is 7.96. The normalized spacial score (nSPS) is 13.9. The number of hydrogen-bond donors (Lipinski definition) is 2. The van der Waals surface area contributed by atoms with Crippen LogP contribution in [0.3, 0.4) is 0 Å². The minimum Gasteiger partial charge on any atom is -0.461 e. The number of likely N-dealkylation sites (tertiary alicyclic amines) is 1. The van der Waals surface area contributed by atoms with Crippen molar-refractivity contribution in [3.63, 3.8) is 0 Å². The van der Waals surface area contributed by atoms with Gasteiger partial charge in [-0.2, -0.15) is 5.10 Å². The molecule has 1 aliphatic heterocycles. The predicted octanol–water partition coefficient (Wildman–Crippen LogP) is 3.93. The zero-order valence-electron chi connectivity index (χ0n) is 18.9. The molecule has 3 amide bonds. The largest absolute Gasteiger partial charge is 0.461 e. The van der Waals surface area contributed by atoms with Crippen molar-refractivity contribution in [2.75, 3.05) is 30.3 Å². The minimum absolute atomic E-state index is 0.0560. The maximum Gasteiger partial charge on any atom is 0.358 e. The van der Waals surface area contributed by atoms with Gasteiger partial charge in [-0.25, -0.2) is 14.3 Å². The molecule has 0 unspecified atom stereocenters. The number of urea groups is 1. The maximum absolute atomic E-state index is 12.7. The molecule has 0 radical (unpaired) electrons. The van der Waals surface area contributed by atoms with E-state index in [0.29, 0.717) is 38.2 Å². The Labute approximate surface area is 197 Å². The van der Waals surface area contributed by atoms with E-state index < -0.39 is 5.97 Å². The number of hydrogen-bond acceptors (Lipinski definition) is 5. The molecule has 0 atom stereocenters. The second kappa shape index (κ2) is 10.7. The zero-order chi connectivity index (χ0) is 23.9. The van der Waals surface area contributed by atoms with E-state index in [4.69, 9.17) is 4.74 Å². The van der Waals surface area contributed by atoms with Gasteiger partial charge in [0.2, 0.25) is 5.91 Å². The van der Waals surface area contributed by atoms with E-state index in [1.54, 1.807) is 40.9 Å². The molecule has 0 aliphatic carbocycles. The second-order valence-corrected chi connectivity index (χ2v) is 7.96. The molecule has 9 heteroatoms. The molecular formula is C25H27N5O4. The van der Waals surface area contributed by atoms with E-state index in [0.717, 1.165) is 11.4 Å². The smallest absolute Gasteiger partial charge is 0.358 e. The van der Waals surface area contributed by atoms with E-state index >= 15 is 0 Å². The van der Waals surface area contributed by atoms with Crippen molar-refractivity contribution in [1.82, 2.24) is 14.7 Å². The molecule has 1 aliphatic rings. The summed E-state index contributed by atoms with van der Waals surface area (Å²) < 4.78 is 6.53. The van der Waals surface area contributed by atoms with Crippen LogP contribution in [0.5, 0.6) is 0 Å². The number of carbonyl (C=O) groups excluding carboxylic acids is 3. The summed E-state index contributed by atoms with van der Waals surface area (Å²) in [5.74, 6) is -0.674. The third-order valence-corrected chi connectivity index (χ3v) is 5.65. The SMILES string of the molecule is CCOC(=O)c1ccn(-c2ccc(NC(=O)C3CCN(C(=O)Nc4ccccc4)CC3)cc2)n1. The lowest BCUT2D eigenvalue weighted by Crippen LogP contribution is -2.43. The number of benzene rings is 2. The van der Waals surface area contributed by atoms with Crippen molar-refractivity contribution in [3.05, 3.63) is 72.6 Å². The summed E-state index contributed by atoms with van der Waals surface area (Å²) in [6.07, 6.45) is 2.90. The van der Waals surface area contributed by atoms with Crippen LogP contribution in [0, 0.1) is 5.92 Å². The summed E-state index contributed by atoms with van der Waals surface area (Å²) in [6.45, 7) is 3.09. The summed E-state index contributed by atoms with van der Waals surface area (Å²) in [6, 6.07) is 18.0. The summed E-state index contributed by atoms with van der Waals surface area (Å²) >= 11 is 0. The van der Waals surface area contributed by atoms with Gasteiger partial charge in [0.15, 0.2) is 5.69 Å². The van der Waals surface area contributed by atoms with Crippen LogP contribution in [-0.4, -0.2) is 52.3 Å². The molecule has 2 aromatic carbocycles. The van der Waals surface area contributed by atoms with Gasteiger partial charge in [-0.1, -0.05) is 18.2 Å². The van der Waals surface area contributed by atoms with E-state index in [9.17, 15) is 14.4 Å². The van der Waals surface area contributed by atoms with Gasteiger partial charge in [0.05, 0.1) is 12.3 Å². The summed E-state index contributed by atoms with van der Waals surface area (Å²) in [4.78, 5) is 38.7. The predicted molar refractivity (Wildman–Crippen MR) is 128 cm³/mol. The molecule has 4 rings (SSSR count). The Morgan fingerprint density at radius 3 is 2.29 bits per heavy atom. The number of carbonyl (C=O) groups is 3. The van der Waals surface area contributed by atoms with E-state index in [2.05, 4.69) is 15.7 Å². The number of anilines is 2. The number of ether oxygens (including phenoxy) is 1. The molecule has 1 fully saturated rings. The van der Waals surface area contributed by atoms with Crippen LogP contribution in [-0.2, 0) is 9.53 Å². The van der Waals surface area contributed by atoms with Crippen LogP contribution in [0.2, 0.25) is 0 Å². The summed E-state index contributed by atoms with van der Waals surface area (Å²) in [5.41, 5.74) is 2.42. The Bertz CT molecular complexity index is 1140. The summed E-state index contributed by atoms with van der Waals surface area (Å²) in [7, 11) is 0. The van der Waals surface area contributed by atoms with Crippen molar-refractivity contribution in [1.29, 1.82) is 0 Å². The number of nitrogens with zero attached hydrogens (tertiary/aromatic N) is 3.